The van der Waals surface area contributed by atoms with E-state index in [1.54, 1.807) is 17.3 Å². The fourth-order valence-corrected chi connectivity index (χ4v) is 2.98. The van der Waals surface area contributed by atoms with Gasteiger partial charge in [-0.05, 0) is 30.2 Å². The number of hydrogen-bond donors (Lipinski definition) is 2. The van der Waals surface area contributed by atoms with Gasteiger partial charge in [-0.3, -0.25) is 9.78 Å². The Hall–Kier alpha value is -2.93. The summed E-state index contributed by atoms with van der Waals surface area (Å²) in [5.41, 5.74) is 2.69. The number of aromatic nitrogens is 1. The van der Waals surface area contributed by atoms with Crippen LogP contribution in [-0.4, -0.2) is 47.6 Å². The minimum Gasteiger partial charge on any atom is -0.377 e. The number of nitrogens with zero attached hydrogens (tertiary/aromatic N) is 2. The van der Waals surface area contributed by atoms with Crippen molar-refractivity contribution >= 4 is 17.6 Å². The molecular weight excluding hydrogens is 344 g/mol. The van der Waals surface area contributed by atoms with Crippen molar-refractivity contribution in [1.29, 1.82) is 0 Å². The summed E-state index contributed by atoms with van der Waals surface area (Å²) < 4.78 is 5.49. The third-order valence-electron chi connectivity index (χ3n) is 4.51. The van der Waals surface area contributed by atoms with Gasteiger partial charge in [-0.25, -0.2) is 4.79 Å². The number of pyridine rings is 1. The molecule has 7 nitrogen and oxygen atoms in total. The van der Waals surface area contributed by atoms with Crippen molar-refractivity contribution in [2.24, 2.45) is 0 Å². The summed E-state index contributed by atoms with van der Waals surface area (Å²) in [7, 11) is 0. The second kappa shape index (κ2) is 9.14. The van der Waals surface area contributed by atoms with Gasteiger partial charge in [-0.2, -0.15) is 0 Å². The molecule has 142 valence electrons. The third kappa shape index (κ3) is 5.27. The van der Waals surface area contributed by atoms with E-state index in [1.165, 1.54) is 0 Å². The van der Waals surface area contributed by atoms with Crippen LogP contribution in [0.25, 0.3) is 0 Å². The Bertz CT molecular complexity index is 782. The van der Waals surface area contributed by atoms with E-state index in [0.717, 1.165) is 16.8 Å². The van der Waals surface area contributed by atoms with E-state index in [-0.39, 0.29) is 24.4 Å². The first-order chi connectivity index (χ1) is 13.1. The van der Waals surface area contributed by atoms with E-state index in [4.69, 9.17) is 4.74 Å². The molecule has 27 heavy (non-hydrogen) atoms. The minimum absolute atomic E-state index is 0.122. The van der Waals surface area contributed by atoms with Gasteiger partial charge in [0.1, 0.15) is 0 Å². The van der Waals surface area contributed by atoms with Crippen LogP contribution < -0.4 is 10.6 Å². The Morgan fingerprint density at radius 2 is 2.11 bits per heavy atom. The van der Waals surface area contributed by atoms with Gasteiger partial charge < -0.3 is 20.3 Å². The molecule has 3 amide bonds. The molecule has 7 heteroatoms. The first-order valence-electron chi connectivity index (χ1n) is 9.00. The highest BCUT2D eigenvalue weighted by molar-refractivity contribution is 5.91. The van der Waals surface area contributed by atoms with Crippen LogP contribution in [0.2, 0.25) is 0 Å². The van der Waals surface area contributed by atoms with Crippen LogP contribution in [0.3, 0.4) is 0 Å². The number of amides is 3. The lowest BCUT2D eigenvalue weighted by atomic mass is 10.1. The zero-order valence-corrected chi connectivity index (χ0v) is 15.4. The summed E-state index contributed by atoms with van der Waals surface area (Å²) in [6.45, 7) is 3.63. The molecule has 0 saturated carbocycles. The number of rotatable bonds is 5. The maximum atomic E-state index is 12.7. The molecule has 1 fully saturated rings. The molecule has 1 saturated heterocycles. The number of aryl methyl sites for hydroxylation is 1. The Kier molecular flexibility index (Phi) is 6.38. The molecule has 2 aromatic rings. The quantitative estimate of drug-likeness (QED) is 0.848. The maximum Gasteiger partial charge on any atom is 0.322 e. The molecule has 0 bridgehead atoms. The molecule has 1 aliphatic heterocycles. The second-order valence-electron chi connectivity index (χ2n) is 6.51. The monoisotopic (exact) mass is 368 g/mol. The van der Waals surface area contributed by atoms with Gasteiger partial charge in [-0.15, -0.1) is 0 Å². The number of morpholine rings is 1. The smallest absolute Gasteiger partial charge is 0.322 e. The first kappa shape index (κ1) is 18.8. The van der Waals surface area contributed by atoms with Gasteiger partial charge in [-0.1, -0.05) is 24.3 Å². The van der Waals surface area contributed by atoms with Gasteiger partial charge in [0.15, 0.2) is 0 Å². The van der Waals surface area contributed by atoms with Crippen molar-refractivity contribution in [3.63, 3.8) is 0 Å². The number of nitrogens with one attached hydrogen (secondary N) is 2. The molecule has 0 spiro atoms. The van der Waals surface area contributed by atoms with E-state index in [2.05, 4.69) is 15.6 Å². The molecule has 0 unspecified atom stereocenters. The highest BCUT2D eigenvalue weighted by atomic mass is 16.5. The Morgan fingerprint density at radius 3 is 2.89 bits per heavy atom. The van der Waals surface area contributed by atoms with Crippen LogP contribution in [-0.2, 0) is 16.1 Å². The molecule has 2 N–H and O–H groups in total. The zero-order valence-electron chi connectivity index (χ0n) is 15.4. The second-order valence-corrected chi connectivity index (χ2v) is 6.51. The SMILES string of the molecule is Cc1ccccc1NC(=O)N1CCOC[C@H]1CC(=O)NCc1cccnc1. The number of carbonyl (C=O) groups excluding carboxylic acids is 2. The summed E-state index contributed by atoms with van der Waals surface area (Å²) >= 11 is 0. The molecule has 3 rings (SSSR count). The van der Waals surface area contributed by atoms with Crippen LogP contribution in [0.5, 0.6) is 0 Å². The first-order valence-corrected chi connectivity index (χ1v) is 9.00. The van der Waals surface area contributed by atoms with Gasteiger partial charge in [0.05, 0.1) is 19.3 Å². The predicted molar refractivity (Wildman–Crippen MR) is 102 cm³/mol. The molecule has 1 atom stereocenters. The topological polar surface area (TPSA) is 83.6 Å². The fourth-order valence-electron chi connectivity index (χ4n) is 2.98. The minimum atomic E-state index is -0.295. The standard InChI is InChI=1S/C20H24N4O3/c1-15-5-2-3-7-18(15)23-20(26)24-9-10-27-14-17(24)11-19(25)22-13-16-6-4-8-21-12-16/h2-8,12,17H,9-11,13-14H2,1H3,(H,22,25)(H,23,26)/t17-/m1/s1. The number of anilines is 1. The molecule has 0 aliphatic carbocycles. The number of ether oxygens (including phenoxy) is 1. The summed E-state index contributed by atoms with van der Waals surface area (Å²) in [5, 5.41) is 5.80. The van der Waals surface area contributed by atoms with E-state index < -0.39 is 0 Å². The molecular formula is C20H24N4O3. The van der Waals surface area contributed by atoms with Crippen LogP contribution in [0.15, 0.2) is 48.8 Å². The zero-order chi connectivity index (χ0) is 19.1. The average Bonchev–Trinajstić information content (AvgIpc) is 2.69. The molecule has 1 aromatic heterocycles. The van der Waals surface area contributed by atoms with E-state index >= 15 is 0 Å². The van der Waals surface area contributed by atoms with Crippen molar-refractivity contribution in [1.82, 2.24) is 15.2 Å². The number of carbonyl (C=O) groups is 2. The summed E-state index contributed by atoms with van der Waals surface area (Å²) in [5.74, 6) is -0.122. The Balaban J connectivity index is 1.57. The van der Waals surface area contributed by atoms with E-state index in [9.17, 15) is 9.59 Å². The van der Waals surface area contributed by atoms with E-state index in [1.807, 2.05) is 43.3 Å². The molecule has 1 aliphatic rings. The maximum absolute atomic E-state index is 12.7. The van der Waals surface area contributed by atoms with Crippen LogP contribution in [0.1, 0.15) is 17.5 Å². The van der Waals surface area contributed by atoms with Gasteiger partial charge >= 0.3 is 6.03 Å². The lowest BCUT2D eigenvalue weighted by Gasteiger charge is -2.35. The number of benzene rings is 1. The van der Waals surface area contributed by atoms with Crippen molar-refractivity contribution in [2.45, 2.75) is 25.9 Å². The molecule has 1 aromatic carbocycles. The van der Waals surface area contributed by atoms with Crippen molar-refractivity contribution in [3.05, 3.63) is 59.9 Å². The number of para-hydroxylation sites is 1. The van der Waals surface area contributed by atoms with Crippen LogP contribution in [0, 0.1) is 6.92 Å². The highest BCUT2D eigenvalue weighted by Gasteiger charge is 2.29. The Morgan fingerprint density at radius 1 is 1.26 bits per heavy atom. The van der Waals surface area contributed by atoms with Crippen LogP contribution >= 0.6 is 0 Å². The van der Waals surface area contributed by atoms with Gasteiger partial charge in [0.2, 0.25) is 5.91 Å². The van der Waals surface area contributed by atoms with Crippen molar-refractivity contribution < 1.29 is 14.3 Å². The third-order valence-corrected chi connectivity index (χ3v) is 4.51. The largest absolute Gasteiger partial charge is 0.377 e. The predicted octanol–water partition coefficient (Wildman–Crippen LogP) is 2.33. The summed E-state index contributed by atoms with van der Waals surface area (Å²) in [6.07, 6.45) is 3.60. The number of urea groups is 1. The Labute approximate surface area is 158 Å². The van der Waals surface area contributed by atoms with Crippen LogP contribution in [0.4, 0.5) is 10.5 Å². The van der Waals surface area contributed by atoms with Crippen molar-refractivity contribution in [3.8, 4) is 0 Å². The van der Waals surface area contributed by atoms with Crippen molar-refractivity contribution in [2.75, 3.05) is 25.1 Å². The van der Waals surface area contributed by atoms with Gasteiger partial charge in [0.25, 0.3) is 0 Å². The fraction of sp³-hybridized carbons (Fsp3) is 0.350. The number of hydrogen-bond acceptors (Lipinski definition) is 4. The molecule has 0 radical (unpaired) electrons. The lowest BCUT2D eigenvalue weighted by Crippen LogP contribution is -2.52. The summed E-state index contributed by atoms with van der Waals surface area (Å²) in [6, 6.07) is 10.8. The molecule has 2 heterocycles. The van der Waals surface area contributed by atoms with E-state index in [0.29, 0.717) is 26.3 Å². The highest BCUT2D eigenvalue weighted by Crippen LogP contribution is 2.17. The normalized spacial score (nSPS) is 16.6. The average molecular weight is 368 g/mol. The summed E-state index contributed by atoms with van der Waals surface area (Å²) in [4.78, 5) is 30.7. The lowest BCUT2D eigenvalue weighted by molar-refractivity contribution is -0.123. The van der Waals surface area contributed by atoms with Gasteiger partial charge in [0, 0.05) is 37.6 Å².